The molecule has 0 atom stereocenters. The van der Waals surface area contributed by atoms with Crippen LogP contribution in [-0.2, 0) is 23.1 Å². The number of nitrogens with one attached hydrogen (secondary N) is 2. The van der Waals surface area contributed by atoms with Crippen molar-refractivity contribution in [3.05, 3.63) is 35.2 Å². The Morgan fingerprint density at radius 1 is 1.45 bits per heavy atom. The molecule has 2 N–H and O–H groups in total. The van der Waals surface area contributed by atoms with Crippen LogP contribution in [0.2, 0.25) is 0 Å². The molecule has 2 heterocycles. The molecule has 0 aliphatic heterocycles. The maximum Gasteiger partial charge on any atom is 0.250 e. The van der Waals surface area contributed by atoms with Gasteiger partial charge in [0.1, 0.15) is 4.21 Å². The average Bonchev–Trinajstić information content (AvgIpc) is 3.01. The Balaban J connectivity index is 2.00. The highest BCUT2D eigenvalue weighted by Crippen LogP contribution is 2.25. The van der Waals surface area contributed by atoms with Crippen molar-refractivity contribution in [2.24, 2.45) is 0 Å². The second-order valence-electron chi connectivity index (χ2n) is 4.40. The average molecular weight is 314 g/mol. The van der Waals surface area contributed by atoms with Crippen LogP contribution in [0.4, 0.5) is 0 Å². The van der Waals surface area contributed by atoms with E-state index >= 15 is 0 Å². The van der Waals surface area contributed by atoms with E-state index in [2.05, 4.69) is 15.0 Å². The van der Waals surface area contributed by atoms with Gasteiger partial charge in [-0.1, -0.05) is 0 Å². The molecule has 6 nitrogen and oxygen atoms in total. The molecule has 0 unspecified atom stereocenters. The second kappa shape index (κ2) is 6.49. The highest BCUT2D eigenvalue weighted by atomic mass is 32.2. The maximum atomic E-state index is 12.2. The third-order valence-corrected chi connectivity index (χ3v) is 5.99. The molecule has 0 bridgehead atoms. The molecular formula is C12H18N4O2S2. The summed E-state index contributed by atoms with van der Waals surface area (Å²) in [5.41, 5.74) is 0.999. The minimum atomic E-state index is -3.43. The van der Waals surface area contributed by atoms with E-state index in [-0.39, 0.29) is 0 Å². The minimum absolute atomic E-state index is 0.344. The van der Waals surface area contributed by atoms with Gasteiger partial charge in [-0.25, -0.2) is 18.1 Å². The number of hydrogen-bond acceptors (Lipinski definition) is 5. The van der Waals surface area contributed by atoms with Crippen LogP contribution in [0, 0.1) is 6.92 Å². The van der Waals surface area contributed by atoms with Crippen LogP contribution >= 0.6 is 11.3 Å². The zero-order valence-electron chi connectivity index (χ0n) is 11.5. The number of thiophene rings is 1. The van der Waals surface area contributed by atoms with Crippen LogP contribution in [0.1, 0.15) is 10.4 Å². The summed E-state index contributed by atoms with van der Waals surface area (Å²) in [6.45, 7) is 3.51. The molecule has 0 saturated heterocycles. The highest BCUT2D eigenvalue weighted by Gasteiger charge is 2.18. The molecule has 0 aliphatic carbocycles. The standard InChI is InChI=1S/C12H18N4O2S2/c1-10-7-12(19-11(10)8-13-2)20(17,18)15-4-6-16-5-3-14-9-16/h3,5,7,9,13,15H,4,6,8H2,1-2H3. The fourth-order valence-corrected chi connectivity index (χ4v) is 4.42. The van der Waals surface area contributed by atoms with Crippen molar-refractivity contribution in [2.75, 3.05) is 13.6 Å². The van der Waals surface area contributed by atoms with Crippen LogP contribution in [-0.4, -0.2) is 31.6 Å². The van der Waals surface area contributed by atoms with E-state index in [1.165, 1.54) is 11.3 Å². The van der Waals surface area contributed by atoms with Gasteiger partial charge in [0.25, 0.3) is 0 Å². The Bertz CT molecular complexity index is 647. The lowest BCUT2D eigenvalue weighted by molar-refractivity contribution is 0.575. The SMILES string of the molecule is CNCc1sc(S(=O)(=O)NCCn2ccnc2)cc1C. The number of hydrogen-bond donors (Lipinski definition) is 2. The Hall–Kier alpha value is -1.22. The Morgan fingerprint density at radius 3 is 2.90 bits per heavy atom. The quantitative estimate of drug-likeness (QED) is 0.798. The van der Waals surface area contributed by atoms with E-state index in [9.17, 15) is 8.42 Å². The molecular weight excluding hydrogens is 296 g/mol. The van der Waals surface area contributed by atoms with Crippen molar-refractivity contribution >= 4 is 21.4 Å². The van der Waals surface area contributed by atoms with Gasteiger partial charge in [0.15, 0.2) is 0 Å². The molecule has 8 heteroatoms. The third-order valence-electron chi connectivity index (χ3n) is 2.82. The van der Waals surface area contributed by atoms with Gasteiger partial charge in [-0.05, 0) is 25.6 Å². The van der Waals surface area contributed by atoms with E-state index in [0.29, 0.717) is 23.8 Å². The molecule has 2 aromatic rings. The van der Waals surface area contributed by atoms with Crippen LogP contribution in [0.3, 0.4) is 0 Å². The number of imidazole rings is 1. The smallest absolute Gasteiger partial charge is 0.250 e. The molecule has 0 radical (unpaired) electrons. The summed E-state index contributed by atoms with van der Waals surface area (Å²) in [5.74, 6) is 0. The first-order chi connectivity index (χ1) is 9.53. The van der Waals surface area contributed by atoms with Crippen LogP contribution in [0.5, 0.6) is 0 Å². The summed E-state index contributed by atoms with van der Waals surface area (Å²) >= 11 is 1.31. The number of rotatable bonds is 7. The van der Waals surface area contributed by atoms with Gasteiger partial charge >= 0.3 is 0 Å². The van der Waals surface area contributed by atoms with Gasteiger partial charge in [0.2, 0.25) is 10.0 Å². The summed E-state index contributed by atoms with van der Waals surface area (Å²) in [6.07, 6.45) is 5.13. The van der Waals surface area contributed by atoms with Gasteiger partial charge in [0, 0.05) is 36.9 Å². The van der Waals surface area contributed by atoms with Crippen molar-refractivity contribution in [3.63, 3.8) is 0 Å². The van der Waals surface area contributed by atoms with Crippen molar-refractivity contribution in [2.45, 2.75) is 24.2 Å². The van der Waals surface area contributed by atoms with E-state index in [0.717, 1.165) is 10.4 Å². The van der Waals surface area contributed by atoms with Gasteiger partial charge in [-0.2, -0.15) is 0 Å². The number of nitrogens with zero attached hydrogens (tertiary/aromatic N) is 2. The van der Waals surface area contributed by atoms with Gasteiger partial charge in [-0.3, -0.25) is 0 Å². The number of aromatic nitrogens is 2. The molecule has 0 aliphatic rings. The minimum Gasteiger partial charge on any atom is -0.336 e. The van der Waals surface area contributed by atoms with Crippen molar-refractivity contribution in [1.29, 1.82) is 0 Å². The largest absolute Gasteiger partial charge is 0.336 e. The van der Waals surface area contributed by atoms with Crippen molar-refractivity contribution < 1.29 is 8.42 Å². The lowest BCUT2D eigenvalue weighted by atomic mass is 10.3. The lowest BCUT2D eigenvalue weighted by Crippen LogP contribution is -2.26. The molecule has 0 saturated carbocycles. The fourth-order valence-electron chi connectivity index (χ4n) is 1.76. The summed E-state index contributed by atoms with van der Waals surface area (Å²) in [6, 6.07) is 1.72. The predicted molar refractivity (Wildman–Crippen MR) is 79.2 cm³/mol. The molecule has 20 heavy (non-hydrogen) atoms. The van der Waals surface area contributed by atoms with Crippen molar-refractivity contribution in [1.82, 2.24) is 19.6 Å². The van der Waals surface area contributed by atoms with Gasteiger partial charge in [-0.15, -0.1) is 11.3 Å². The summed E-state index contributed by atoms with van der Waals surface area (Å²) < 4.78 is 29.2. The Kier molecular flexibility index (Phi) is 4.92. The van der Waals surface area contributed by atoms with E-state index in [4.69, 9.17) is 0 Å². The lowest BCUT2D eigenvalue weighted by Gasteiger charge is -2.05. The Labute approximate surface area is 122 Å². The summed E-state index contributed by atoms with van der Waals surface area (Å²) in [5, 5.41) is 3.04. The second-order valence-corrected chi connectivity index (χ2v) is 7.53. The molecule has 0 amide bonds. The number of sulfonamides is 1. The van der Waals surface area contributed by atoms with Crippen molar-refractivity contribution in [3.8, 4) is 0 Å². The summed E-state index contributed by atoms with van der Waals surface area (Å²) in [4.78, 5) is 4.96. The first kappa shape index (κ1) is 15.2. The zero-order chi connectivity index (χ0) is 14.6. The molecule has 2 rings (SSSR count). The molecule has 2 aromatic heterocycles. The van der Waals surface area contributed by atoms with E-state index in [1.54, 1.807) is 24.8 Å². The highest BCUT2D eigenvalue weighted by molar-refractivity contribution is 7.91. The van der Waals surface area contributed by atoms with E-state index < -0.39 is 10.0 Å². The first-order valence-electron chi connectivity index (χ1n) is 6.22. The molecule has 0 fully saturated rings. The Morgan fingerprint density at radius 2 is 2.25 bits per heavy atom. The van der Waals surface area contributed by atoms with Crippen LogP contribution in [0.25, 0.3) is 0 Å². The monoisotopic (exact) mass is 314 g/mol. The zero-order valence-corrected chi connectivity index (χ0v) is 13.1. The topological polar surface area (TPSA) is 76.0 Å². The van der Waals surface area contributed by atoms with E-state index in [1.807, 2.05) is 18.5 Å². The normalized spacial score (nSPS) is 11.9. The predicted octanol–water partition coefficient (Wildman–Crippen LogP) is 0.951. The van der Waals surface area contributed by atoms with Gasteiger partial charge in [0.05, 0.1) is 6.33 Å². The third kappa shape index (κ3) is 3.66. The molecule has 110 valence electrons. The molecule has 0 aromatic carbocycles. The first-order valence-corrected chi connectivity index (χ1v) is 8.52. The van der Waals surface area contributed by atoms with Crippen LogP contribution in [0.15, 0.2) is 29.0 Å². The number of aryl methyl sites for hydroxylation is 1. The van der Waals surface area contributed by atoms with Gasteiger partial charge < -0.3 is 9.88 Å². The van der Waals surface area contributed by atoms with Crippen LogP contribution < -0.4 is 10.0 Å². The fraction of sp³-hybridized carbons (Fsp3) is 0.417. The maximum absolute atomic E-state index is 12.2. The summed E-state index contributed by atoms with van der Waals surface area (Å²) in [7, 11) is -1.58. The molecule has 0 spiro atoms.